The number of imidazole rings is 1. The van der Waals surface area contributed by atoms with Gasteiger partial charge in [0, 0.05) is 25.0 Å². The van der Waals surface area contributed by atoms with E-state index in [-0.39, 0.29) is 0 Å². The molecule has 1 saturated heterocycles. The lowest BCUT2D eigenvalue weighted by Gasteiger charge is -2.18. The monoisotopic (exact) mass is 279 g/mol. The van der Waals surface area contributed by atoms with Gasteiger partial charge in [-0.2, -0.15) is 0 Å². The van der Waals surface area contributed by atoms with Gasteiger partial charge in [0.25, 0.3) is 0 Å². The fourth-order valence-corrected chi connectivity index (χ4v) is 2.92. The van der Waals surface area contributed by atoms with Crippen LogP contribution in [0.5, 0.6) is 0 Å². The van der Waals surface area contributed by atoms with E-state index >= 15 is 0 Å². The van der Waals surface area contributed by atoms with Crippen LogP contribution in [0.4, 0.5) is 5.69 Å². The molecule has 0 atom stereocenters. The number of hydrogen-bond acceptors (Lipinski definition) is 4. The number of nitrogens with zero attached hydrogens (tertiary/aromatic N) is 4. The van der Waals surface area contributed by atoms with Crippen LogP contribution in [0.3, 0.4) is 0 Å². The Labute approximate surface area is 123 Å². The number of rotatable bonds is 2. The van der Waals surface area contributed by atoms with Crippen LogP contribution in [-0.2, 0) is 0 Å². The molecule has 5 nitrogen and oxygen atoms in total. The number of aromatic nitrogens is 4. The number of aryl methyl sites for hydroxylation is 1. The molecule has 1 aliphatic rings. The minimum absolute atomic E-state index is 0.782. The van der Waals surface area contributed by atoms with Crippen molar-refractivity contribution in [2.45, 2.75) is 19.8 Å². The van der Waals surface area contributed by atoms with Crippen LogP contribution in [0, 0.1) is 6.92 Å². The molecule has 21 heavy (non-hydrogen) atoms. The Balaban J connectivity index is 1.88. The normalized spacial score (nSPS) is 15.0. The van der Waals surface area contributed by atoms with Gasteiger partial charge in [-0.25, -0.2) is 9.97 Å². The first kappa shape index (κ1) is 12.3. The minimum atomic E-state index is 0.782. The third-order valence-electron chi connectivity index (χ3n) is 3.92. The summed E-state index contributed by atoms with van der Waals surface area (Å²) in [4.78, 5) is 19.4. The van der Waals surface area contributed by atoms with Gasteiger partial charge in [0.05, 0.1) is 5.69 Å². The van der Waals surface area contributed by atoms with E-state index in [1.807, 2.05) is 25.1 Å². The number of nitrogens with one attached hydrogen (secondary N) is 1. The Morgan fingerprint density at radius 2 is 2.00 bits per heavy atom. The van der Waals surface area contributed by atoms with E-state index in [0.717, 1.165) is 41.5 Å². The number of pyridine rings is 2. The third-order valence-corrected chi connectivity index (χ3v) is 3.92. The summed E-state index contributed by atoms with van der Waals surface area (Å²) in [7, 11) is 0. The predicted molar refractivity (Wildman–Crippen MR) is 83.3 cm³/mol. The van der Waals surface area contributed by atoms with Crippen LogP contribution in [0.1, 0.15) is 18.5 Å². The van der Waals surface area contributed by atoms with Gasteiger partial charge in [0.2, 0.25) is 0 Å². The van der Waals surface area contributed by atoms with E-state index in [9.17, 15) is 0 Å². The lowest BCUT2D eigenvalue weighted by Crippen LogP contribution is -2.18. The van der Waals surface area contributed by atoms with Gasteiger partial charge in [0.15, 0.2) is 11.5 Å². The van der Waals surface area contributed by atoms with E-state index in [0.29, 0.717) is 0 Å². The van der Waals surface area contributed by atoms with Gasteiger partial charge in [-0.1, -0.05) is 6.07 Å². The third kappa shape index (κ3) is 2.14. The molecule has 1 N–H and O–H groups in total. The standard InChI is InChI=1S/C16H17N5/c1-11-10-13(21-8-4-5-9-21)14-16(18-11)20-15(19-14)12-6-2-3-7-17-12/h2-3,6-7,10H,4-5,8-9H2,1H3,(H,18,19,20). The van der Waals surface area contributed by atoms with Crippen LogP contribution < -0.4 is 4.90 Å². The Morgan fingerprint density at radius 3 is 2.76 bits per heavy atom. The molecule has 0 bridgehead atoms. The summed E-state index contributed by atoms with van der Waals surface area (Å²) in [5.74, 6) is 0.782. The average Bonchev–Trinajstić information content (AvgIpc) is 3.16. The highest BCUT2D eigenvalue weighted by atomic mass is 15.2. The molecule has 3 aromatic heterocycles. The van der Waals surface area contributed by atoms with Gasteiger partial charge >= 0.3 is 0 Å². The molecule has 0 spiro atoms. The quantitative estimate of drug-likeness (QED) is 0.783. The van der Waals surface area contributed by atoms with Crippen LogP contribution in [-0.4, -0.2) is 33.0 Å². The van der Waals surface area contributed by atoms with Gasteiger partial charge in [-0.15, -0.1) is 0 Å². The first-order chi connectivity index (χ1) is 10.3. The second-order valence-corrected chi connectivity index (χ2v) is 5.47. The first-order valence-electron chi connectivity index (χ1n) is 7.35. The minimum Gasteiger partial charge on any atom is -0.370 e. The zero-order valence-corrected chi connectivity index (χ0v) is 12.0. The second kappa shape index (κ2) is 4.84. The van der Waals surface area contributed by atoms with Gasteiger partial charge in [-0.05, 0) is 38.0 Å². The maximum absolute atomic E-state index is 4.75. The number of anilines is 1. The predicted octanol–water partition coefficient (Wildman–Crippen LogP) is 2.93. The lowest BCUT2D eigenvalue weighted by atomic mass is 10.3. The summed E-state index contributed by atoms with van der Waals surface area (Å²) >= 11 is 0. The highest BCUT2D eigenvalue weighted by Crippen LogP contribution is 2.29. The SMILES string of the molecule is Cc1cc(N2CCCC2)c2nc(-c3ccccn3)[nH]c2n1. The van der Waals surface area contributed by atoms with Crippen molar-refractivity contribution in [3.63, 3.8) is 0 Å². The first-order valence-corrected chi connectivity index (χ1v) is 7.35. The highest BCUT2D eigenvalue weighted by molar-refractivity contribution is 5.88. The molecular formula is C16H17N5. The fourth-order valence-electron chi connectivity index (χ4n) is 2.92. The Kier molecular flexibility index (Phi) is 2.84. The van der Waals surface area contributed by atoms with Crippen molar-refractivity contribution in [2.75, 3.05) is 18.0 Å². The van der Waals surface area contributed by atoms with Crippen molar-refractivity contribution in [1.82, 2.24) is 19.9 Å². The number of hydrogen-bond donors (Lipinski definition) is 1. The molecule has 1 fully saturated rings. The molecule has 0 saturated carbocycles. The maximum atomic E-state index is 4.75. The summed E-state index contributed by atoms with van der Waals surface area (Å²) in [6.45, 7) is 4.23. The zero-order chi connectivity index (χ0) is 14.2. The van der Waals surface area contributed by atoms with E-state index in [2.05, 4.69) is 25.9 Å². The molecular weight excluding hydrogens is 262 g/mol. The highest BCUT2D eigenvalue weighted by Gasteiger charge is 2.19. The molecule has 5 heteroatoms. The van der Waals surface area contributed by atoms with Crippen molar-refractivity contribution in [1.29, 1.82) is 0 Å². The van der Waals surface area contributed by atoms with Crippen LogP contribution in [0.25, 0.3) is 22.7 Å². The average molecular weight is 279 g/mol. The number of H-pyrrole nitrogens is 1. The van der Waals surface area contributed by atoms with Crippen LogP contribution >= 0.6 is 0 Å². The smallest absolute Gasteiger partial charge is 0.160 e. The van der Waals surface area contributed by atoms with Gasteiger partial charge in [-0.3, -0.25) is 4.98 Å². The Hall–Kier alpha value is -2.43. The zero-order valence-electron chi connectivity index (χ0n) is 12.0. The van der Waals surface area contributed by atoms with Gasteiger partial charge in [0.1, 0.15) is 11.2 Å². The van der Waals surface area contributed by atoms with Gasteiger partial charge < -0.3 is 9.88 Å². The van der Waals surface area contributed by atoms with Crippen molar-refractivity contribution in [3.05, 3.63) is 36.2 Å². The number of fused-ring (bicyclic) bond motifs is 1. The van der Waals surface area contributed by atoms with Crippen molar-refractivity contribution >= 4 is 16.9 Å². The topological polar surface area (TPSA) is 57.7 Å². The molecule has 106 valence electrons. The van der Waals surface area contributed by atoms with Crippen LogP contribution in [0.2, 0.25) is 0 Å². The molecule has 0 aliphatic carbocycles. The molecule has 4 heterocycles. The Bertz CT molecular complexity index is 772. The van der Waals surface area contributed by atoms with Crippen molar-refractivity contribution in [2.24, 2.45) is 0 Å². The Morgan fingerprint density at radius 1 is 1.14 bits per heavy atom. The van der Waals surface area contributed by atoms with E-state index in [1.54, 1.807) is 6.20 Å². The molecule has 4 rings (SSSR count). The van der Waals surface area contributed by atoms with E-state index in [4.69, 9.17) is 4.98 Å². The summed E-state index contributed by atoms with van der Waals surface area (Å²) in [6, 6.07) is 7.97. The lowest BCUT2D eigenvalue weighted by molar-refractivity contribution is 0.949. The van der Waals surface area contributed by atoms with Crippen LogP contribution in [0.15, 0.2) is 30.5 Å². The summed E-state index contributed by atoms with van der Waals surface area (Å²) in [5, 5.41) is 0. The molecule has 0 amide bonds. The molecule has 0 radical (unpaired) electrons. The number of aromatic amines is 1. The summed E-state index contributed by atoms with van der Waals surface area (Å²) < 4.78 is 0. The van der Waals surface area contributed by atoms with Crippen molar-refractivity contribution in [3.8, 4) is 11.5 Å². The molecule has 0 aromatic carbocycles. The van der Waals surface area contributed by atoms with E-state index in [1.165, 1.54) is 18.5 Å². The van der Waals surface area contributed by atoms with Crippen molar-refractivity contribution < 1.29 is 0 Å². The molecule has 0 unspecified atom stereocenters. The second-order valence-electron chi connectivity index (χ2n) is 5.47. The molecule has 1 aliphatic heterocycles. The maximum Gasteiger partial charge on any atom is 0.160 e. The fraction of sp³-hybridized carbons (Fsp3) is 0.312. The molecule has 3 aromatic rings. The van der Waals surface area contributed by atoms with E-state index < -0.39 is 0 Å². The summed E-state index contributed by atoms with van der Waals surface area (Å²) in [5.41, 5.74) is 4.84. The largest absolute Gasteiger partial charge is 0.370 e. The summed E-state index contributed by atoms with van der Waals surface area (Å²) in [6.07, 6.45) is 4.28.